The first-order valence-electron chi connectivity index (χ1n) is 6.90. The van der Waals surface area contributed by atoms with Crippen LogP contribution in [0.2, 0.25) is 0 Å². The molecule has 0 unspecified atom stereocenters. The molecular weight excluding hydrogens is 258 g/mol. The largest absolute Gasteiger partial charge is 0.456 e. The molecular formula is C19H13NO. The van der Waals surface area contributed by atoms with Crippen LogP contribution in [0, 0.1) is 0 Å². The Hall–Kier alpha value is -2.87. The molecule has 0 amide bonds. The monoisotopic (exact) mass is 271 g/mol. The molecule has 2 nitrogen and oxygen atoms in total. The molecule has 21 heavy (non-hydrogen) atoms. The number of nitrogens with zero attached hydrogens (tertiary/aromatic N) is 1. The van der Waals surface area contributed by atoms with Crippen molar-refractivity contribution in [3.63, 3.8) is 0 Å². The molecule has 2 aromatic heterocycles. The van der Waals surface area contributed by atoms with Crippen LogP contribution in [0.1, 0.15) is 0 Å². The molecule has 0 bridgehead atoms. The number of aromatic nitrogens is 1. The Bertz CT molecular complexity index is 842. The fourth-order valence-electron chi connectivity index (χ4n) is 2.44. The van der Waals surface area contributed by atoms with E-state index in [1.807, 2.05) is 66.9 Å². The number of furan rings is 1. The SMILES string of the molecule is c1ccc(-c2cc3oc(-c4ccccc4)cc3cn2)cc1. The summed E-state index contributed by atoms with van der Waals surface area (Å²) in [5, 5.41) is 1.02. The Labute approximate surface area is 122 Å². The summed E-state index contributed by atoms with van der Waals surface area (Å²) in [6, 6.07) is 24.3. The summed E-state index contributed by atoms with van der Waals surface area (Å²) >= 11 is 0. The van der Waals surface area contributed by atoms with Crippen molar-refractivity contribution in [2.75, 3.05) is 0 Å². The van der Waals surface area contributed by atoms with Crippen LogP contribution < -0.4 is 0 Å². The van der Waals surface area contributed by atoms with E-state index in [1.165, 1.54) is 0 Å². The Balaban J connectivity index is 1.82. The first-order chi connectivity index (χ1) is 10.4. The van der Waals surface area contributed by atoms with Gasteiger partial charge in [-0.2, -0.15) is 0 Å². The van der Waals surface area contributed by atoms with E-state index in [0.717, 1.165) is 33.6 Å². The van der Waals surface area contributed by atoms with E-state index in [-0.39, 0.29) is 0 Å². The van der Waals surface area contributed by atoms with E-state index in [1.54, 1.807) is 0 Å². The molecule has 0 fully saturated rings. The Kier molecular flexibility index (Phi) is 2.79. The second-order valence-electron chi connectivity index (χ2n) is 4.95. The zero-order chi connectivity index (χ0) is 14.1. The van der Waals surface area contributed by atoms with Gasteiger partial charge in [-0.05, 0) is 6.07 Å². The maximum absolute atomic E-state index is 5.98. The first kappa shape index (κ1) is 11.9. The van der Waals surface area contributed by atoms with E-state index in [2.05, 4.69) is 17.1 Å². The van der Waals surface area contributed by atoms with Gasteiger partial charge in [-0.15, -0.1) is 0 Å². The van der Waals surface area contributed by atoms with Gasteiger partial charge in [0.15, 0.2) is 0 Å². The van der Waals surface area contributed by atoms with Gasteiger partial charge in [-0.25, -0.2) is 0 Å². The molecule has 0 atom stereocenters. The third kappa shape index (κ3) is 2.21. The normalized spacial score (nSPS) is 10.9. The van der Waals surface area contributed by atoms with Crippen molar-refractivity contribution in [1.29, 1.82) is 0 Å². The summed E-state index contributed by atoms with van der Waals surface area (Å²) in [7, 11) is 0. The second kappa shape index (κ2) is 4.91. The van der Waals surface area contributed by atoms with Gasteiger partial charge in [-0.1, -0.05) is 60.7 Å². The molecule has 0 spiro atoms. The van der Waals surface area contributed by atoms with Gasteiger partial charge in [0.05, 0.1) is 5.69 Å². The Morgan fingerprint density at radius 2 is 1.38 bits per heavy atom. The predicted molar refractivity (Wildman–Crippen MR) is 84.9 cm³/mol. The van der Waals surface area contributed by atoms with E-state index in [9.17, 15) is 0 Å². The molecule has 4 aromatic rings. The standard InChI is InChI=1S/C19H13NO/c1-3-7-14(8-4-1)17-12-19-16(13-20-17)11-18(21-19)15-9-5-2-6-10-15/h1-13H. The number of pyridine rings is 1. The summed E-state index contributed by atoms with van der Waals surface area (Å²) in [4.78, 5) is 4.52. The molecule has 0 aliphatic rings. The van der Waals surface area contributed by atoms with Crippen LogP contribution >= 0.6 is 0 Å². The van der Waals surface area contributed by atoms with Crippen molar-refractivity contribution in [1.82, 2.24) is 4.98 Å². The third-order valence-corrected chi connectivity index (χ3v) is 3.53. The summed E-state index contributed by atoms with van der Waals surface area (Å²) in [6.45, 7) is 0. The topological polar surface area (TPSA) is 26.0 Å². The zero-order valence-corrected chi connectivity index (χ0v) is 11.4. The molecule has 0 saturated carbocycles. The van der Waals surface area contributed by atoms with Crippen LogP contribution in [0.15, 0.2) is 83.4 Å². The van der Waals surface area contributed by atoms with E-state index < -0.39 is 0 Å². The van der Waals surface area contributed by atoms with Crippen LogP contribution in [-0.4, -0.2) is 4.98 Å². The second-order valence-corrected chi connectivity index (χ2v) is 4.95. The van der Waals surface area contributed by atoms with Crippen LogP contribution in [-0.2, 0) is 0 Å². The van der Waals surface area contributed by atoms with Gasteiger partial charge < -0.3 is 4.42 Å². The molecule has 100 valence electrons. The van der Waals surface area contributed by atoms with Crippen molar-refractivity contribution >= 4 is 11.0 Å². The highest BCUT2D eigenvalue weighted by Crippen LogP contribution is 2.29. The van der Waals surface area contributed by atoms with Gasteiger partial charge in [0.25, 0.3) is 0 Å². The minimum absolute atomic E-state index is 0.864. The Morgan fingerprint density at radius 3 is 2.10 bits per heavy atom. The fourth-order valence-corrected chi connectivity index (χ4v) is 2.44. The molecule has 0 saturated heterocycles. The molecule has 0 radical (unpaired) electrons. The number of hydrogen-bond donors (Lipinski definition) is 0. The van der Waals surface area contributed by atoms with Crippen molar-refractivity contribution in [2.24, 2.45) is 0 Å². The van der Waals surface area contributed by atoms with Crippen LogP contribution in [0.4, 0.5) is 0 Å². The van der Waals surface area contributed by atoms with E-state index in [4.69, 9.17) is 4.42 Å². The molecule has 0 N–H and O–H groups in total. The lowest BCUT2D eigenvalue weighted by molar-refractivity contribution is 0.631. The molecule has 0 aliphatic carbocycles. The highest BCUT2D eigenvalue weighted by Gasteiger charge is 2.08. The lowest BCUT2D eigenvalue weighted by Gasteiger charge is -1.99. The summed E-state index contributed by atoms with van der Waals surface area (Å²) in [6.07, 6.45) is 1.87. The third-order valence-electron chi connectivity index (χ3n) is 3.53. The van der Waals surface area contributed by atoms with Gasteiger partial charge in [0, 0.05) is 28.8 Å². The predicted octanol–water partition coefficient (Wildman–Crippen LogP) is 5.16. The molecule has 2 heteroatoms. The van der Waals surface area contributed by atoms with E-state index >= 15 is 0 Å². The lowest BCUT2D eigenvalue weighted by Crippen LogP contribution is -1.81. The van der Waals surface area contributed by atoms with Crippen LogP contribution in [0.5, 0.6) is 0 Å². The van der Waals surface area contributed by atoms with Crippen molar-refractivity contribution in [2.45, 2.75) is 0 Å². The van der Waals surface area contributed by atoms with E-state index in [0.29, 0.717) is 0 Å². The van der Waals surface area contributed by atoms with Crippen molar-refractivity contribution in [3.8, 4) is 22.6 Å². The maximum atomic E-state index is 5.98. The van der Waals surface area contributed by atoms with Crippen molar-refractivity contribution < 1.29 is 4.42 Å². The Morgan fingerprint density at radius 1 is 0.714 bits per heavy atom. The maximum Gasteiger partial charge on any atom is 0.138 e. The molecule has 2 heterocycles. The first-order valence-corrected chi connectivity index (χ1v) is 6.90. The van der Waals surface area contributed by atoms with Gasteiger partial charge in [-0.3, -0.25) is 4.98 Å². The summed E-state index contributed by atoms with van der Waals surface area (Å²) < 4.78 is 5.98. The number of hydrogen-bond acceptors (Lipinski definition) is 2. The average molecular weight is 271 g/mol. The minimum atomic E-state index is 0.864. The highest BCUT2D eigenvalue weighted by atomic mass is 16.3. The zero-order valence-electron chi connectivity index (χ0n) is 11.4. The molecule has 0 aliphatic heterocycles. The van der Waals surface area contributed by atoms with Crippen LogP contribution in [0.3, 0.4) is 0 Å². The summed E-state index contributed by atoms with van der Waals surface area (Å²) in [5.41, 5.74) is 3.96. The number of fused-ring (bicyclic) bond motifs is 1. The number of rotatable bonds is 2. The van der Waals surface area contributed by atoms with Gasteiger partial charge in [0.1, 0.15) is 11.3 Å². The van der Waals surface area contributed by atoms with Crippen molar-refractivity contribution in [3.05, 3.63) is 79.0 Å². The summed E-state index contributed by atoms with van der Waals surface area (Å²) in [5.74, 6) is 0.873. The highest BCUT2D eigenvalue weighted by molar-refractivity contribution is 5.84. The smallest absolute Gasteiger partial charge is 0.138 e. The minimum Gasteiger partial charge on any atom is -0.456 e. The van der Waals surface area contributed by atoms with Gasteiger partial charge >= 0.3 is 0 Å². The fraction of sp³-hybridized carbons (Fsp3) is 0. The van der Waals surface area contributed by atoms with Crippen LogP contribution in [0.25, 0.3) is 33.6 Å². The average Bonchev–Trinajstić information content (AvgIpc) is 2.99. The number of benzene rings is 2. The van der Waals surface area contributed by atoms with Gasteiger partial charge in [0.2, 0.25) is 0 Å². The lowest BCUT2D eigenvalue weighted by atomic mass is 10.1. The molecule has 4 rings (SSSR count). The quantitative estimate of drug-likeness (QED) is 0.503. The molecule has 2 aromatic carbocycles.